The number of carbonyl (C=O) groups is 1. The van der Waals surface area contributed by atoms with Gasteiger partial charge < -0.3 is 19.6 Å². The summed E-state index contributed by atoms with van der Waals surface area (Å²) in [6.07, 6.45) is 2.19. The Labute approximate surface area is 174 Å². The second-order valence-electron chi connectivity index (χ2n) is 7.59. The Morgan fingerprint density at radius 1 is 1.20 bits per heavy atom. The molecule has 2 N–H and O–H groups in total. The van der Waals surface area contributed by atoms with Crippen molar-refractivity contribution >= 4 is 12.3 Å². The van der Waals surface area contributed by atoms with Crippen LogP contribution in [0.5, 0.6) is 0 Å². The highest BCUT2D eigenvalue weighted by atomic mass is 16.5. The van der Waals surface area contributed by atoms with Crippen molar-refractivity contribution in [3.63, 3.8) is 0 Å². The van der Waals surface area contributed by atoms with E-state index in [-0.39, 0.29) is 12.4 Å². The Morgan fingerprint density at radius 2 is 1.97 bits per heavy atom. The summed E-state index contributed by atoms with van der Waals surface area (Å²) in [5.74, 6) is 1.84. The molecule has 0 bridgehead atoms. The fourth-order valence-electron chi connectivity index (χ4n) is 3.72. The van der Waals surface area contributed by atoms with Crippen LogP contribution in [0, 0.1) is 26.7 Å². The van der Waals surface area contributed by atoms with E-state index in [0.29, 0.717) is 19.5 Å². The van der Waals surface area contributed by atoms with Crippen LogP contribution < -0.4 is 4.90 Å². The molecule has 1 aliphatic heterocycles. The molecule has 9 nitrogen and oxygen atoms in total. The Balaban J connectivity index is 0.000000806. The molecule has 0 radical (unpaired) electrons. The maximum atomic E-state index is 10.4. The van der Waals surface area contributed by atoms with Gasteiger partial charge in [-0.25, -0.2) is 4.98 Å². The summed E-state index contributed by atoms with van der Waals surface area (Å²) >= 11 is 0. The summed E-state index contributed by atoms with van der Waals surface area (Å²) in [5, 5.41) is 25.7. The second kappa shape index (κ2) is 9.53. The normalized spacial score (nSPS) is 18.2. The van der Waals surface area contributed by atoms with Gasteiger partial charge in [-0.3, -0.25) is 9.48 Å². The zero-order valence-electron chi connectivity index (χ0n) is 17.4. The summed E-state index contributed by atoms with van der Waals surface area (Å²) in [6.45, 7) is 7.76. The minimum atomic E-state index is -0.397. The predicted octanol–water partition coefficient (Wildman–Crippen LogP) is 1.98. The lowest BCUT2D eigenvalue weighted by molar-refractivity contribution is -0.122. The van der Waals surface area contributed by atoms with Crippen LogP contribution in [0.2, 0.25) is 0 Å². The van der Waals surface area contributed by atoms with E-state index in [1.807, 2.05) is 36.9 Å². The van der Waals surface area contributed by atoms with Crippen molar-refractivity contribution in [3.05, 3.63) is 58.9 Å². The summed E-state index contributed by atoms with van der Waals surface area (Å²) < 4.78 is 7.28. The number of rotatable bonds is 5. The van der Waals surface area contributed by atoms with E-state index in [1.54, 1.807) is 0 Å². The van der Waals surface area contributed by atoms with Crippen molar-refractivity contribution < 1.29 is 19.5 Å². The van der Waals surface area contributed by atoms with Gasteiger partial charge in [-0.05, 0) is 38.5 Å². The molecule has 30 heavy (non-hydrogen) atoms. The molecule has 0 amide bonds. The van der Waals surface area contributed by atoms with Crippen molar-refractivity contribution in [2.75, 3.05) is 18.0 Å². The summed E-state index contributed by atoms with van der Waals surface area (Å²) in [4.78, 5) is 15.1. The zero-order valence-corrected chi connectivity index (χ0v) is 17.4. The van der Waals surface area contributed by atoms with E-state index >= 15 is 0 Å². The Hall–Kier alpha value is -3.20. The fourth-order valence-corrected chi connectivity index (χ4v) is 3.72. The standard InChI is InChI=1S/C20H25N5O2.CH2O2/c1-13-6-15(3)25(22-13)10-16-4-5-20(21-9-16)24-11-17(19(26)12-24)8-18-7-14(2)23-27-18;2-1-3/h4-7,9,17,19,26H,8,10-12H2,1-3H3;1H,(H,2,3)/t17-,19+;/m1./s1. The van der Waals surface area contributed by atoms with Gasteiger partial charge in [0, 0.05) is 43.4 Å². The largest absolute Gasteiger partial charge is 0.483 e. The number of nitrogens with zero attached hydrogens (tertiary/aromatic N) is 5. The van der Waals surface area contributed by atoms with E-state index in [0.717, 1.165) is 40.8 Å². The predicted molar refractivity (Wildman–Crippen MR) is 110 cm³/mol. The molecular formula is C21H27N5O4. The van der Waals surface area contributed by atoms with Gasteiger partial charge in [0.15, 0.2) is 0 Å². The van der Waals surface area contributed by atoms with Crippen LogP contribution in [0.1, 0.15) is 28.4 Å². The third-order valence-electron chi connectivity index (χ3n) is 5.12. The molecule has 0 spiro atoms. The maximum Gasteiger partial charge on any atom is 0.290 e. The summed E-state index contributed by atoms with van der Waals surface area (Å²) in [7, 11) is 0. The molecule has 4 heterocycles. The van der Waals surface area contributed by atoms with Crippen LogP contribution in [0.15, 0.2) is 35.0 Å². The average Bonchev–Trinajstić information content (AvgIpc) is 3.37. The van der Waals surface area contributed by atoms with Crippen molar-refractivity contribution in [2.24, 2.45) is 5.92 Å². The first kappa shape index (κ1) is 21.5. The Bertz CT molecular complexity index is 966. The van der Waals surface area contributed by atoms with Crippen molar-refractivity contribution in [1.82, 2.24) is 19.9 Å². The number of hydrogen-bond acceptors (Lipinski definition) is 7. The molecule has 9 heteroatoms. The topological polar surface area (TPSA) is 118 Å². The molecule has 1 fully saturated rings. The lowest BCUT2D eigenvalue weighted by Gasteiger charge is -2.17. The van der Waals surface area contributed by atoms with Crippen LogP contribution in [0.3, 0.4) is 0 Å². The molecule has 4 rings (SSSR count). The average molecular weight is 413 g/mol. The van der Waals surface area contributed by atoms with Gasteiger partial charge in [-0.15, -0.1) is 0 Å². The first-order valence-corrected chi connectivity index (χ1v) is 9.78. The molecule has 1 aliphatic rings. The fraction of sp³-hybridized carbons (Fsp3) is 0.429. The summed E-state index contributed by atoms with van der Waals surface area (Å²) in [6, 6.07) is 8.11. The third-order valence-corrected chi connectivity index (χ3v) is 5.12. The lowest BCUT2D eigenvalue weighted by Crippen LogP contribution is -2.22. The molecule has 3 aromatic heterocycles. The van der Waals surface area contributed by atoms with Crippen molar-refractivity contribution in [1.29, 1.82) is 0 Å². The van der Waals surface area contributed by atoms with Crippen LogP contribution in [-0.4, -0.2) is 55.8 Å². The summed E-state index contributed by atoms with van der Waals surface area (Å²) in [5.41, 5.74) is 4.15. The maximum absolute atomic E-state index is 10.4. The Morgan fingerprint density at radius 3 is 2.53 bits per heavy atom. The van der Waals surface area contributed by atoms with E-state index < -0.39 is 6.10 Å². The van der Waals surface area contributed by atoms with Crippen LogP contribution >= 0.6 is 0 Å². The van der Waals surface area contributed by atoms with Crippen molar-refractivity contribution in [3.8, 4) is 0 Å². The van der Waals surface area contributed by atoms with Gasteiger partial charge in [-0.2, -0.15) is 5.10 Å². The number of aliphatic hydroxyl groups excluding tert-OH is 1. The molecular weight excluding hydrogens is 386 g/mol. The highest BCUT2D eigenvalue weighted by Gasteiger charge is 2.32. The highest BCUT2D eigenvalue weighted by Crippen LogP contribution is 2.26. The van der Waals surface area contributed by atoms with Crippen LogP contribution in [0.25, 0.3) is 0 Å². The molecule has 160 valence electrons. The van der Waals surface area contributed by atoms with E-state index in [9.17, 15) is 5.11 Å². The molecule has 0 unspecified atom stereocenters. The van der Waals surface area contributed by atoms with Crippen molar-refractivity contribution in [2.45, 2.75) is 39.8 Å². The van der Waals surface area contributed by atoms with Gasteiger partial charge in [0.1, 0.15) is 11.6 Å². The molecule has 3 aromatic rings. The highest BCUT2D eigenvalue weighted by molar-refractivity contribution is 5.41. The SMILES string of the molecule is Cc1cc(C[C@@H]2CN(c3ccc(Cn4nc(C)cc4C)cn3)C[C@@H]2O)on1.O=CO. The number of aryl methyl sites for hydroxylation is 3. The minimum Gasteiger partial charge on any atom is -0.483 e. The number of hydrogen-bond donors (Lipinski definition) is 2. The van der Waals surface area contributed by atoms with E-state index in [1.165, 1.54) is 0 Å². The number of aromatic nitrogens is 4. The van der Waals surface area contributed by atoms with Gasteiger partial charge in [0.05, 0.1) is 24.0 Å². The first-order chi connectivity index (χ1) is 14.4. The van der Waals surface area contributed by atoms with Gasteiger partial charge in [0.25, 0.3) is 6.47 Å². The zero-order chi connectivity index (χ0) is 21.7. The Kier molecular flexibility index (Phi) is 6.83. The lowest BCUT2D eigenvalue weighted by atomic mass is 10.0. The molecule has 0 aliphatic carbocycles. The smallest absolute Gasteiger partial charge is 0.290 e. The third kappa shape index (κ3) is 5.24. The first-order valence-electron chi connectivity index (χ1n) is 9.78. The molecule has 0 aromatic carbocycles. The molecule has 0 saturated carbocycles. The minimum absolute atomic E-state index is 0.119. The van der Waals surface area contributed by atoms with Gasteiger partial charge in [0.2, 0.25) is 0 Å². The van der Waals surface area contributed by atoms with E-state index in [2.05, 4.69) is 39.2 Å². The molecule has 1 saturated heterocycles. The van der Waals surface area contributed by atoms with Crippen LogP contribution in [0.4, 0.5) is 5.82 Å². The van der Waals surface area contributed by atoms with Gasteiger partial charge >= 0.3 is 0 Å². The molecule has 2 atom stereocenters. The van der Waals surface area contributed by atoms with E-state index in [4.69, 9.17) is 14.4 Å². The number of β-amino-alcohol motifs (C(OH)–C–C–N with tert-alkyl or cyclic N) is 1. The number of carboxylic acid groups (broad SMARTS) is 1. The quantitative estimate of drug-likeness (QED) is 0.610. The number of pyridine rings is 1. The van der Waals surface area contributed by atoms with Crippen LogP contribution in [-0.2, 0) is 17.8 Å². The number of aliphatic hydroxyl groups is 1. The monoisotopic (exact) mass is 413 g/mol. The second-order valence-corrected chi connectivity index (χ2v) is 7.59. The number of anilines is 1. The van der Waals surface area contributed by atoms with Gasteiger partial charge in [-0.1, -0.05) is 11.2 Å².